The number of hydrogen-bond donors (Lipinski definition) is 2. The Morgan fingerprint density at radius 3 is 2.62 bits per heavy atom. The van der Waals surface area contributed by atoms with Crippen LogP contribution in [0.25, 0.3) is 0 Å². The van der Waals surface area contributed by atoms with Gasteiger partial charge in [-0.15, -0.1) is 0 Å². The number of allylic oxidation sites excluding steroid dienone is 2. The van der Waals surface area contributed by atoms with Gasteiger partial charge in [0.25, 0.3) is 0 Å². The molecule has 1 rings (SSSR count). The molecule has 0 aromatic heterocycles. The van der Waals surface area contributed by atoms with E-state index in [1.54, 1.807) is 12.2 Å². The molecule has 8 heavy (non-hydrogen) atoms. The Morgan fingerprint density at radius 1 is 1.50 bits per heavy atom. The molecule has 0 saturated carbocycles. The van der Waals surface area contributed by atoms with Crippen LogP contribution in [-0.2, 0) is 0 Å². The molecule has 0 radical (unpaired) electrons. The van der Waals surface area contributed by atoms with E-state index in [0.29, 0.717) is 5.71 Å². The molecule has 0 amide bonds. The maximum Gasteiger partial charge on any atom is 0.0652 e. The van der Waals surface area contributed by atoms with Gasteiger partial charge in [-0.2, -0.15) is 0 Å². The van der Waals surface area contributed by atoms with Crippen molar-refractivity contribution >= 4 is 5.71 Å². The van der Waals surface area contributed by atoms with Crippen molar-refractivity contribution in [2.75, 3.05) is 0 Å². The van der Waals surface area contributed by atoms with Crippen molar-refractivity contribution < 1.29 is 0 Å². The summed E-state index contributed by atoms with van der Waals surface area (Å²) in [6.07, 6.45) is 7.15. The third kappa shape index (κ3) is 0.845. The van der Waals surface area contributed by atoms with Crippen LogP contribution in [0.2, 0.25) is 0 Å². The highest BCUT2D eigenvalue weighted by atomic mass is 14.7. The fraction of sp³-hybridized carbons (Fsp3) is 0.167. The highest BCUT2D eigenvalue weighted by Crippen LogP contribution is 1.94. The molecule has 1 aliphatic rings. The lowest BCUT2D eigenvalue weighted by Gasteiger charge is -2.05. The fourth-order valence-electron chi connectivity index (χ4n) is 0.558. The molecule has 1 unspecified atom stereocenters. The Kier molecular flexibility index (Phi) is 1.26. The third-order valence-electron chi connectivity index (χ3n) is 1.06. The molecule has 0 aliphatic heterocycles. The zero-order valence-electron chi connectivity index (χ0n) is 4.46. The van der Waals surface area contributed by atoms with E-state index in [-0.39, 0.29) is 6.04 Å². The monoisotopic (exact) mass is 108 g/mol. The van der Waals surface area contributed by atoms with Crippen molar-refractivity contribution in [3.63, 3.8) is 0 Å². The second kappa shape index (κ2) is 1.92. The summed E-state index contributed by atoms with van der Waals surface area (Å²) in [7, 11) is 0. The van der Waals surface area contributed by atoms with Gasteiger partial charge in [-0.05, 0) is 6.08 Å². The van der Waals surface area contributed by atoms with Gasteiger partial charge < -0.3 is 11.1 Å². The van der Waals surface area contributed by atoms with Crippen LogP contribution in [0.5, 0.6) is 0 Å². The molecule has 0 bridgehead atoms. The molecule has 2 heteroatoms. The van der Waals surface area contributed by atoms with Crippen molar-refractivity contribution in [3.05, 3.63) is 24.3 Å². The Bertz CT molecular complexity index is 156. The van der Waals surface area contributed by atoms with Crippen molar-refractivity contribution in [1.29, 1.82) is 5.41 Å². The van der Waals surface area contributed by atoms with Gasteiger partial charge in [-0.25, -0.2) is 0 Å². The lowest BCUT2D eigenvalue weighted by atomic mass is 10.1. The van der Waals surface area contributed by atoms with Gasteiger partial charge in [0.15, 0.2) is 0 Å². The SMILES string of the molecule is N=C1C=CC=CC1N. The van der Waals surface area contributed by atoms with Crippen molar-refractivity contribution in [2.24, 2.45) is 5.73 Å². The first-order valence-electron chi connectivity index (χ1n) is 2.49. The first-order chi connectivity index (χ1) is 3.80. The van der Waals surface area contributed by atoms with E-state index in [9.17, 15) is 0 Å². The quantitative estimate of drug-likeness (QED) is 0.465. The van der Waals surface area contributed by atoms with Crippen LogP contribution in [0.4, 0.5) is 0 Å². The topological polar surface area (TPSA) is 49.9 Å². The van der Waals surface area contributed by atoms with Gasteiger partial charge in [-0.1, -0.05) is 18.2 Å². The molecule has 0 spiro atoms. The van der Waals surface area contributed by atoms with Crippen LogP contribution in [0.3, 0.4) is 0 Å². The van der Waals surface area contributed by atoms with E-state index in [4.69, 9.17) is 11.1 Å². The summed E-state index contributed by atoms with van der Waals surface area (Å²) in [6, 6.07) is -0.181. The van der Waals surface area contributed by atoms with Gasteiger partial charge in [0, 0.05) is 0 Å². The smallest absolute Gasteiger partial charge is 0.0652 e. The van der Waals surface area contributed by atoms with Crippen LogP contribution in [0.15, 0.2) is 24.3 Å². The maximum atomic E-state index is 7.13. The lowest BCUT2D eigenvalue weighted by Crippen LogP contribution is -2.26. The first kappa shape index (κ1) is 5.25. The van der Waals surface area contributed by atoms with Crippen molar-refractivity contribution in [1.82, 2.24) is 0 Å². The van der Waals surface area contributed by atoms with Crippen LogP contribution in [0, 0.1) is 5.41 Å². The Morgan fingerprint density at radius 2 is 2.25 bits per heavy atom. The second-order valence-corrected chi connectivity index (χ2v) is 1.73. The fourth-order valence-corrected chi connectivity index (χ4v) is 0.558. The lowest BCUT2D eigenvalue weighted by molar-refractivity contribution is 1.07. The Balaban J connectivity index is 2.74. The predicted octanol–water partition coefficient (Wildman–Crippen LogP) is 0.459. The summed E-state index contributed by atoms with van der Waals surface area (Å²) in [5.41, 5.74) is 5.89. The van der Waals surface area contributed by atoms with Crippen LogP contribution in [-0.4, -0.2) is 11.8 Å². The van der Waals surface area contributed by atoms with E-state index in [1.165, 1.54) is 0 Å². The van der Waals surface area contributed by atoms with Crippen LogP contribution >= 0.6 is 0 Å². The zero-order chi connectivity index (χ0) is 5.98. The van der Waals surface area contributed by atoms with Gasteiger partial charge in [-0.3, -0.25) is 0 Å². The second-order valence-electron chi connectivity index (χ2n) is 1.73. The van der Waals surface area contributed by atoms with Crippen LogP contribution < -0.4 is 5.73 Å². The summed E-state index contributed by atoms with van der Waals surface area (Å²) < 4.78 is 0. The molecule has 42 valence electrons. The summed E-state index contributed by atoms with van der Waals surface area (Å²) in [5, 5.41) is 7.13. The largest absolute Gasteiger partial charge is 0.319 e. The molecule has 1 atom stereocenters. The first-order valence-corrected chi connectivity index (χ1v) is 2.49. The normalized spacial score (nSPS) is 26.6. The Labute approximate surface area is 48.2 Å². The van der Waals surface area contributed by atoms with Gasteiger partial charge in [0.1, 0.15) is 0 Å². The molecule has 0 aromatic carbocycles. The summed E-state index contributed by atoms with van der Waals surface area (Å²) in [6.45, 7) is 0. The van der Waals surface area contributed by atoms with E-state index in [0.717, 1.165) is 0 Å². The molecule has 1 aliphatic carbocycles. The molecule has 0 fully saturated rings. The van der Waals surface area contributed by atoms with E-state index in [2.05, 4.69) is 0 Å². The van der Waals surface area contributed by atoms with Gasteiger partial charge >= 0.3 is 0 Å². The van der Waals surface area contributed by atoms with Gasteiger partial charge in [0.2, 0.25) is 0 Å². The average Bonchev–Trinajstić information content (AvgIpc) is 1.77. The van der Waals surface area contributed by atoms with E-state index in [1.807, 2.05) is 12.2 Å². The van der Waals surface area contributed by atoms with Crippen molar-refractivity contribution in [2.45, 2.75) is 6.04 Å². The molecular formula is C6H8N2. The number of nitrogens with two attached hydrogens (primary N) is 1. The molecule has 0 saturated heterocycles. The summed E-state index contributed by atoms with van der Waals surface area (Å²) >= 11 is 0. The van der Waals surface area contributed by atoms with Crippen LogP contribution in [0.1, 0.15) is 0 Å². The standard InChI is InChI=1S/C6H8N2/c7-5-3-1-2-4-6(5)8/h1-5,8H,7H2. The number of nitrogens with one attached hydrogen (secondary N) is 1. The van der Waals surface area contributed by atoms with Crippen molar-refractivity contribution in [3.8, 4) is 0 Å². The van der Waals surface area contributed by atoms with Gasteiger partial charge in [0.05, 0.1) is 11.8 Å². The average molecular weight is 108 g/mol. The summed E-state index contributed by atoms with van der Waals surface area (Å²) in [5.74, 6) is 0. The van der Waals surface area contributed by atoms with E-state index >= 15 is 0 Å². The maximum absolute atomic E-state index is 7.13. The Hall–Kier alpha value is -0.890. The number of hydrogen-bond acceptors (Lipinski definition) is 2. The third-order valence-corrected chi connectivity index (χ3v) is 1.06. The molecule has 2 nitrogen and oxygen atoms in total. The van der Waals surface area contributed by atoms with E-state index < -0.39 is 0 Å². The highest BCUT2D eigenvalue weighted by molar-refractivity contribution is 5.99. The molecule has 0 aromatic rings. The highest BCUT2D eigenvalue weighted by Gasteiger charge is 2.02. The molecular weight excluding hydrogens is 100 g/mol. The minimum Gasteiger partial charge on any atom is -0.319 e. The minimum absolute atomic E-state index is 0.181. The predicted molar refractivity (Wildman–Crippen MR) is 34.0 cm³/mol. The summed E-state index contributed by atoms with van der Waals surface area (Å²) in [4.78, 5) is 0. The molecule has 3 N–H and O–H groups in total. The molecule has 0 heterocycles. The zero-order valence-corrected chi connectivity index (χ0v) is 4.46. The number of rotatable bonds is 0. The minimum atomic E-state index is -0.181.